The number of amides is 1. The van der Waals surface area contributed by atoms with Gasteiger partial charge in [-0.3, -0.25) is 4.79 Å². The Bertz CT molecular complexity index is 527. The maximum absolute atomic E-state index is 13.2. The van der Waals surface area contributed by atoms with Crippen LogP contribution in [0.1, 0.15) is 39.0 Å². The predicted molar refractivity (Wildman–Crippen MR) is 91.9 cm³/mol. The fourth-order valence-electron chi connectivity index (χ4n) is 3.67. The zero-order valence-electron chi connectivity index (χ0n) is 13.4. The number of hydrogen-bond acceptors (Lipinski definition) is 3. The highest BCUT2D eigenvalue weighted by Crippen LogP contribution is 2.47. The lowest BCUT2D eigenvalue weighted by atomic mass is 9.90. The van der Waals surface area contributed by atoms with Crippen molar-refractivity contribution in [2.75, 3.05) is 19.6 Å². The van der Waals surface area contributed by atoms with Crippen molar-refractivity contribution >= 4 is 17.7 Å². The number of nitrogens with zero attached hydrogens (tertiary/aromatic N) is 1. The lowest BCUT2D eigenvalue weighted by Crippen LogP contribution is -2.45. The summed E-state index contributed by atoms with van der Waals surface area (Å²) in [5.74, 6) is 0.344. The molecule has 0 aromatic heterocycles. The maximum Gasteiger partial charge on any atom is 0.239 e. The second-order valence-corrected chi connectivity index (χ2v) is 8.57. The number of carbonyl (C=O) groups is 1. The Balaban J connectivity index is 1.78. The van der Waals surface area contributed by atoms with E-state index in [1.54, 1.807) is 11.8 Å². The number of carbonyl (C=O) groups excluding carboxylic acids is 1. The Morgan fingerprint density at radius 1 is 1.23 bits per heavy atom. The Kier molecular flexibility index (Phi) is 4.51. The Labute approximate surface area is 137 Å². The van der Waals surface area contributed by atoms with Crippen molar-refractivity contribution in [3.8, 4) is 0 Å². The van der Waals surface area contributed by atoms with Crippen LogP contribution in [0.15, 0.2) is 35.2 Å². The van der Waals surface area contributed by atoms with Gasteiger partial charge in [0, 0.05) is 18.0 Å². The van der Waals surface area contributed by atoms with Crippen molar-refractivity contribution in [3.63, 3.8) is 0 Å². The topological polar surface area (TPSA) is 46.3 Å². The van der Waals surface area contributed by atoms with Gasteiger partial charge in [0.05, 0.1) is 4.75 Å². The standard InChI is InChI=1S/C18H26N2OS/c1-17(13-19)11-12-20(14-17)16(21)18(9-5-6-10-18)22-15-7-3-2-4-8-15/h2-4,7-8H,5-6,9-14,19H2,1H3. The molecule has 3 nitrogen and oxygen atoms in total. The van der Waals surface area contributed by atoms with E-state index in [4.69, 9.17) is 5.73 Å². The molecule has 1 unspecified atom stereocenters. The van der Waals surface area contributed by atoms with Crippen molar-refractivity contribution in [2.24, 2.45) is 11.1 Å². The molecule has 120 valence electrons. The van der Waals surface area contributed by atoms with Gasteiger partial charge in [0.15, 0.2) is 0 Å². The molecule has 22 heavy (non-hydrogen) atoms. The molecule has 1 saturated heterocycles. The summed E-state index contributed by atoms with van der Waals surface area (Å²) in [7, 11) is 0. The number of thioether (sulfide) groups is 1. The number of rotatable bonds is 4. The van der Waals surface area contributed by atoms with E-state index < -0.39 is 0 Å². The first-order chi connectivity index (χ1) is 10.6. The highest BCUT2D eigenvalue weighted by molar-refractivity contribution is 8.01. The van der Waals surface area contributed by atoms with Gasteiger partial charge in [0.2, 0.25) is 5.91 Å². The minimum absolute atomic E-state index is 0.104. The van der Waals surface area contributed by atoms with Gasteiger partial charge in [-0.15, -0.1) is 11.8 Å². The van der Waals surface area contributed by atoms with Gasteiger partial charge < -0.3 is 10.6 Å². The van der Waals surface area contributed by atoms with Crippen LogP contribution < -0.4 is 5.73 Å². The summed E-state index contributed by atoms with van der Waals surface area (Å²) in [6.07, 6.45) is 5.35. The zero-order chi connectivity index (χ0) is 15.6. The number of hydrogen-bond donors (Lipinski definition) is 1. The van der Waals surface area contributed by atoms with Gasteiger partial charge in [0.25, 0.3) is 0 Å². The van der Waals surface area contributed by atoms with E-state index in [9.17, 15) is 4.79 Å². The Morgan fingerprint density at radius 3 is 2.50 bits per heavy atom. The van der Waals surface area contributed by atoms with Crippen LogP contribution in [0, 0.1) is 5.41 Å². The van der Waals surface area contributed by atoms with Crippen LogP contribution in [0.25, 0.3) is 0 Å². The number of nitrogens with two attached hydrogens (primary N) is 1. The first-order valence-corrected chi connectivity index (χ1v) is 9.12. The SMILES string of the molecule is CC1(CN)CCN(C(=O)C2(Sc3ccccc3)CCCC2)C1. The zero-order valence-corrected chi connectivity index (χ0v) is 14.2. The maximum atomic E-state index is 13.2. The van der Waals surface area contributed by atoms with E-state index in [-0.39, 0.29) is 10.2 Å². The Morgan fingerprint density at radius 2 is 1.91 bits per heavy atom. The molecule has 1 aliphatic carbocycles. The summed E-state index contributed by atoms with van der Waals surface area (Å²) in [6.45, 7) is 4.55. The van der Waals surface area contributed by atoms with Crippen LogP contribution >= 0.6 is 11.8 Å². The smallest absolute Gasteiger partial charge is 0.239 e. The third kappa shape index (κ3) is 3.04. The van der Waals surface area contributed by atoms with Gasteiger partial charge in [-0.05, 0) is 43.4 Å². The van der Waals surface area contributed by atoms with E-state index in [1.807, 2.05) is 6.07 Å². The van der Waals surface area contributed by atoms with Crippen LogP contribution in [0.5, 0.6) is 0 Å². The minimum atomic E-state index is -0.249. The summed E-state index contributed by atoms with van der Waals surface area (Å²) in [4.78, 5) is 16.5. The largest absolute Gasteiger partial charge is 0.341 e. The minimum Gasteiger partial charge on any atom is -0.341 e. The van der Waals surface area contributed by atoms with E-state index in [1.165, 1.54) is 4.90 Å². The van der Waals surface area contributed by atoms with Gasteiger partial charge >= 0.3 is 0 Å². The Hall–Kier alpha value is -1.00. The summed E-state index contributed by atoms with van der Waals surface area (Å²) in [5.41, 5.74) is 6.00. The molecule has 2 aliphatic rings. The number of benzene rings is 1. The van der Waals surface area contributed by atoms with Crippen molar-refractivity contribution in [1.29, 1.82) is 0 Å². The van der Waals surface area contributed by atoms with E-state index in [0.29, 0.717) is 12.5 Å². The van der Waals surface area contributed by atoms with Crippen molar-refractivity contribution in [2.45, 2.75) is 48.7 Å². The van der Waals surface area contributed by atoms with Gasteiger partial charge in [-0.1, -0.05) is 38.0 Å². The molecule has 0 bridgehead atoms. The van der Waals surface area contributed by atoms with Crippen molar-refractivity contribution in [3.05, 3.63) is 30.3 Å². The average molecular weight is 318 g/mol. The summed E-state index contributed by atoms with van der Waals surface area (Å²) >= 11 is 1.78. The van der Waals surface area contributed by atoms with Gasteiger partial charge in [-0.25, -0.2) is 0 Å². The average Bonchev–Trinajstić information content (AvgIpc) is 3.16. The molecule has 0 spiro atoms. The van der Waals surface area contributed by atoms with Crippen LogP contribution in [0.3, 0.4) is 0 Å². The molecule has 2 N–H and O–H groups in total. The first-order valence-electron chi connectivity index (χ1n) is 8.31. The fraction of sp³-hybridized carbons (Fsp3) is 0.611. The molecule has 1 atom stereocenters. The van der Waals surface area contributed by atoms with Crippen molar-refractivity contribution in [1.82, 2.24) is 4.90 Å². The highest BCUT2D eigenvalue weighted by atomic mass is 32.2. The fourth-order valence-corrected chi connectivity index (χ4v) is 5.13. The van der Waals surface area contributed by atoms with Crippen LogP contribution in [0.2, 0.25) is 0 Å². The molecule has 4 heteroatoms. The summed E-state index contributed by atoms with van der Waals surface area (Å²) in [6, 6.07) is 10.4. The van der Waals surface area contributed by atoms with Gasteiger partial charge in [-0.2, -0.15) is 0 Å². The summed E-state index contributed by atoms with van der Waals surface area (Å²) in [5, 5.41) is 0. The molecule has 2 fully saturated rings. The second-order valence-electron chi connectivity index (χ2n) is 7.11. The molecule has 1 amide bonds. The van der Waals surface area contributed by atoms with Crippen LogP contribution in [-0.2, 0) is 4.79 Å². The molecule has 1 saturated carbocycles. The van der Waals surface area contributed by atoms with E-state index in [0.717, 1.165) is 45.2 Å². The molecular weight excluding hydrogens is 292 g/mol. The quantitative estimate of drug-likeness (QED) is 0.926. The predicted octanol–water partition coefficient (Wildman–Crippen LogP) is 3.29. The van der Waals surface area contributed by atoms with Gasteiger partial charge in [0.1, 0.15) is 0 Å². The third-order valence-corrected chi connectivity index (χ3v) is 6.68. The van der Waals surface area contributed by atoms with Crippen LogP contribution in [-0.4, -0.2) is 35.2 Å². The number of likely N-dealkylation sites (tertiary alicyclic amines) is 1. The molecule has 1 aliphatic heterocycles. The summed E-state index contributed by atoms with van der Waals surface area (Å²) < 4.78 is -0.249. The van der Waals surface area contributed by atoms with Crippen LogP contribution in [0.4, 0.5) is 0 Å². The van der Waals surface area contributed by atoms with E-state index >= 15 is 0 Å². The molecular formula is C18H26N2OS. The highest BCUT2D eigenvalue weighted by Gasteiger charge is 2.47. The lowest BCUT2D eigenvalue weighted by Gasteiger charge is -2.33. The third-order valence-electron chi connectivity index (χ3n) is 5.20. The molecule has 0 radical (unpaired) electrons. The molecule has 1 aromatic carbocycles. The van der Waals surface area contributed by atoms with E-state index in [2.05, 4.69) is 36.1 Å². The molecule has 1 aromatic rings. The molecule has 3 rings (SSSR count). The first kappa shape index (κ1) is 15.9. The normalized spacial score (nSPS) is 27.3. The second kappa shape index (κ2) is 6.25. The monoisotopic (exact) mass is 318 g/mol. The van der Waals surface area contributed by atoms with Crippen molar-refractivity contribution < 1.29 is 4.79 Å². The molecule has 1 heterocycles. The lowest BCUT2D eigenvalue weighted by molar-refractivity contribution is -0.133.